The number of carboxylic acid groups (broad SMARTS) is 1. The van der Waals surface area contributed by atoms with Gasteiger partial charge in [0, 0.05) is 12.0 Å². The van der Waals surface area contributed by atoms with Crippen LogP contribution in [-0.4, -0.2) is 23.0 Å². The van der Waals surface area contributed by atoms with Crippen LogP contribution in [0.25, 0.3) is 0 Å². The highest BCUT2D eigenvalue weighted by molar-refractivity contribution is 9.10. The second kappa shape index (κ2) is 7.90. The van der Waals surface area contributed by atoms with Crippen LogP contribution in [0, 0.1) is 17.7 Å². The van der Waals surface area contributed by atoms with Crippen molar-refractivity contribution in [2.75, 3.05) is 0 Å². The van der Waals surface area contributed by atoms with Crippen molar-refractivity contribution in [3.8, 4) is 0 Å². The zero-order chi connectivity index (χ0) is 17.0. The van der Waals surface area contributed by atoms with Crippen LogP contribution in [0.15, 0.2) is 22.7 Å². The first kappa shape index (κ1) is 17.9. The number of hydrogen-bond acceptors (Lipinski definition) is 2. The molecule has 1 amide bonds. The van der Waals surface area contributed by atoms with Gasteiger partial charge in [-0.15, -0.1) is 0 Å². The highest BCUT2D eigenvalue weighted by Crippen LogP contribution is 2.29. The predicted molar refractivity (Wildman–Crippen MR) is 88.5 cm³/mol. The molecule has 0 spiro atoms. The summed E-state index contributed by atoms with van der Waals surface area (Å²) in [6.45, 7) is 1.91. The fraction of sp³-hybridized carbons (Fsp3) is 0.529. The largest absolute Gasteiger partial charge is 0.481 e. The number of benzene rings is 1. The van der Waals surface area contributed by atoms with Crippen LogP contribution < -0.4 is 5.32 Å². The van der Waals surface area contributed by atoms with Gasteiger partial charge in [-0.1, -0.05) is 6.07 Å². The Labute approximate surface area is 143 Å². The Bertz CT molecular complexity index is 585. The lowest BCUT2D eigenvalue weighted by Crippen LogP contribution is -2.40. The molecule has 1 aliphatic rings. The van der Waals surface area contributed by atoms with Crippen LogP contribution in [0.4, 0.5) is 4.39 Å². The van der Waals surface area contributed by atoms with Crippen LogP contribution in [0.1, 0.15) is 38.2 Å². The molecule has 0 bridgehead atoms. The van der Waals surface area contributed by atoms with Crippen molar-refractivity contribution in [3.05, 3.63) is 34.1 Å². The molecule has 1 atom stereocenters. The average molecular weight is 386 g/mol. The maximum atomic E-state index is 13.2. The number of rotatable bonds is 5. The summed E-state index contributed by atoms with van der Waals surface area (Å²) in [5, 5.41) is 12.0. The molecule has 0 saturated heterocycles. The molecule has 6 heteroatoms. The number of amides is 1. The van der Waals surface area contributed by atoms with E-state index < -0.39 is 5.97 Å². The lowest BCUT2D eigenvalue weighted by atomic mass is 9.81. The summed E-state index contributed by atoms with van der Waals surface area (Å²) in [6, 6.07) is 4.77. The molecule has 1 aromatic rings. The van der Waals surface area contributed by atoms with Crippen molar-refractivity contribution < 1.29 is 19.1 Å². The summed E-state index contributed by atoms with van der Waals surface area (Å²) < 4.78 is 13.6. The van der Waals surface area contributed by atoms with Gasteiger partial charge in [-0.2, -0.15) is 0 Å². The number of hydrogen-bond donors (Lipinski definition) is 2. The Morgan fingerprint density at radius 2 is 1.91 bits per heavy atom. The van der Waals surface area contributed by atoms with E-state index in [0.29, 0.717) is 36.6 Å². The topological polar surface area (TPSA) is 66.4 Å². The number of nitrogens with one attached hydrogen (secondary N) is 1. The van der Waals surface area contributed by atoms with Gasteiger partial charge in [0.15, 0.2) is 0 Å². The van der Waals surface area contributed by atoms with Crippen LogP contribution in [0.2, 0.25) is 0 Å². The maximum absolute atomic E-state index is 13.2. The Morgan fingerprint density at radius 3 is 2.48 bits per heavy atom. The fourth-order valence-electron chi connectivity index (χ4n) is 3.03. The third-order valence-corrected chi connectivity index (χ3v) is 4.97. The van der Waals surface area contributed by atoms with Crippen LogP contribution in [-0.2, 0) is 16.0 Å². The molecular weight excluding hydrogens is 365 g/mol. The minimum absolute atomic E-state index is 0.0116. The van der Waals surface area contributed by atoms with Crippen LogP contribution in [0.3, 0.4) is 0 Å². The number of carbonyl (C=O) groups excluding carboxylic acids is 1. The van der Waals surface area contributed by atoms with E-state index in [0.717, 1.165) is 5.56 Å². The Hall–Kier alpha value is -1.43. The molecule has 0 aliphatic heterocycles. The van der Waals surface area contributed by atoms with Crippen LogP contribution in [0.5, 0.6) is 0 Å². The van der Waals surface area contributed by atoms with E-state index in [9.17, 15) is 14.0 Å². The molecule has 1 fully saturated rings. The summed E-state index contributed by atoms with van der Waals surface area (Å²) in [4.78, 5) is 23.2. The summed E-state index contributed by atoms with van der Waals surface area (Å²) in [5.41, 5.74) is 0.945. The van der Waals surface area contributed by atoms with Crippen molar-refractivity contribution in [2.24, 2.45) is 11.8 Å². The Balaban J connectivity index is 1.83. The lowest BCUT2D eigenvalue weighted by Gasteiger charge is -2.26. The minimum atomic E-state index is -0.765. The van der Waals surface area contributed by atoms with E-state index in [2.05, 4.69) is 21.2 Å². The zero-order valence-electron chi connectivity index (χ0n) is 13.0. The number of halogens is 2. The van der Waals surface area contributed by atoms with Crippen molar-refractivity contribution >= 4 is 27.8 Å². The molecule has 1 unspecified atom stereocenters. The molecule has 126 valence electrons. The number of carboxylic acids is 1. The quantitative estimate of drug-likeness (QED) is 0.814. The molecule has 23 heavy (non-hydrogen) atoms. The van der Waals surface area contributed by atoms with E-state index >= 15 is 0 Å². The molecular formula is C17H21BrFNO3. The van der Waals surface area contributed by atoms with Gasteiger partial charge >= 0.3 is 5.97 Å². The monoisotopic (exact) mass is 385 g/mol. The zero-order valence-corrected chi connectivity index (χ0v) is 14.6. The first-order valence-corrected chi connectivity index (χ1v) is 8.63. The predicted octanol–water partition coefficient (Wildman–Crippen LogP) is 3.53. The van der Waals surface area contributed by atoms with Gasteiger partial charge in [-0.05, 0) is 72.7 Å². The first-order valence-electron chi connectivity index (χ1n) is 7.84. The minimum Gasteiger partial charge on any atom is -0.481 e. The molecule has 1 aromatic carbocycles. The van der Waals surface area contributed by atoms with Gasteiger partial charge in [0.05, 0.1) is 10.4 Å². The van der Waals surface area contributed by atoms with Crippen molar-refractivity contribution in [3.63, 3.8) is 0 Å². The van der Waals surface area contributed by atoms with Gasteiger partial charge in [0.25, 0.3) is 0 Å². The first-order chi connectivity index (χ1) is 10.9. The second-order valence-corrected chi connectivity index (χ2v) is 7.10. The molecule has 2 N–H and O–H groups in total. The third-order valence-electron chi connectivity index (χ3n) is 4.36. The van der Waals surface area contributed by atoms with E-state index in [1.807, 2.05) is 6.92 Å². The number of aliphatic carboxylic acids is 1. The van der Waals surface area contributed by atoms with Crippen molar-refractivity contribution in [1.82, 2.24) is 5.32 Å². The summed E-state index contributed by atoms with van der Waals surface area (Å²) >= 11 is 3.16. The van der Waals surface area contributed by atoms with Gasteiger partial charge in [0.1, 0.15) is 5.82 Å². The maximum Gasteiger partial charge on any atom is 0.306 e. The Morgan fingerprint density at radius 1 is 1.30 bits per heavy atom. The number of carbonyl (C=O) groups is 2. The van der Waals surface area contributed by atoms with E-state index in [-0.39, 0.29) is 29.6 Å². The van der Waals surface area contributed by atoms with Crippen molar-refractivity contribution in [2.45, 2.75) is 45.1 Å². The molecule has 0 aromatic heterocycles. The Kier molecular flexibility index (Phi) is 6.16. The average Bonchev–Trinajstić information content (AvgIpc) is 2.51. The van der Waals surface area contributed by atoms with Gasteiger partial charge < -0.3 is 10.4 Å². The highest BCUT2D eigenvalue weighted by Gasteiger charge is 2.30. The third kappa shape index (κ3) is 5.03. The lowest BCUT2D eigenvalue weighted by molar-refractivity contribution is -0.144. The van der Waals surface area contributed by atoms with Gasteiger partial charge in [-0.25, -0.2) is 4.39 Å². The van der Waals surface area contributed by atoms with Crippen molar-refractivity contribution in [1.29, 1.82) is 0 Å². The summed E-state index contributed by atoms with van der Waals surface area (Å²) in [5.74, 6) is -1.50. The fourth-order valence-corrected chi connectivity index (χ4v) is 3.46. The molecule has 4 nitrogen and oxygen atoms in total. The summed E-state index contributed by atoms with van der Waals surface area (Å²) in [7, 11) is 0. The molecule has 2 rings (SSSR count). The SMILES string of the molecule is CC(Cc1ccc(F)c(Br)c1)NC(=O)C1CCC(C(=O)O)CC1. The molecule has 1 aliphatic carbocycles. The van der Waals surface area contributed by atoms with E-state index in [1.54, 1.807) is 12.1 Å². The normalized spacial score (nSPS) is 22.4. The van der Waals surface area contributed by atoms with E-state index in [4.69, 9.17) is 5.11 Å². The second-order valence-electron chi connectivity index (χ2n) is 6.25. The van der Waals surface area contributed by atoms with Gasteiger partial charge in [0.2, 0.25) is 5.91 Å². The molecule has 0 heterocycles. The highest BCUT2D eigenvalue weighted by atomic mass is 79.9. The summed E-state index contributed by atoms with van der Waals surface area (Å²) in [6.07, 6.45) is 2.99. The van der Waals surface area contributed by atoms with Crippen LogP contribution >= 0.6 is 15.9 Å². The molecule has 1 saturated carbocycles. The molecule has 0 radical (unpaired) electrons. The van der Waals surface area contributed by atoms with E-state index in [1.165, 1.54) is 6.07 Å². The van der Waals surface area contributed by atoms with Gasteiger partial charge in [-0.3, -0.25) is 9.59 Å². The smallest absolute Gasteiger partial charge is 0.306 e. The standard InChI is InChI=1S/C17H21BrFNO3/c1-10(8-11-2-7-15(19)14(18)9-11)20-16(21)12-3-5-13(6-4-12)17(22)23/h2,7,9-10,12-13H,3-6,8H2,1H3,(H,20,21)(H,22,23).